The summed E-state index contributed by atoms with van der Waals surface area (Å²) in [5.74, 6) is -0.419. The summed E-state index contributed by atoms with van der Waals surface area (Å²) in [6, 6.07) is 12.4. The quantitative estimate of drug-likeness (QED) is 0.739. The lowest BCUT2D eigenvalue weighted by Gasteiger charge is -2.15. The molecule has 3 aromatic rings. The Bertz CT molecular complexity index is 915. The first-order valence-corrected chi connectivity index (χ1v) is 8.11. The van der Waals surface area contributed by atoms with Crippen molar-refractivity contribution in [3.8, 4) is 0 Å². The molecule has 1 aromatic heterocycles. The number of nitrogens with one attached hydrogen (secondary N) is 1. The van der Waals surface area contributed by atoms with E-state index in [2.05, 4.69) is 16.9 Å². The highest BCUT2D eigenvalue weighted by molar-refractivity contribution is 7.16. The molecule has 2 aromatic carbocycles. The largest absolute Gasteiger partial charge is 0.322 e. The van der Waals surface area contributed by atoms with Crippen LogP contribution in [0.5, 0.6) is 0 Å². The topological polar surface area (TPSA) is 62.3 Å². The second-order valence-electron chi connectivity index (χ2n) is 5.14. The number of likely N-dealkylation sites (N-methyl/N-ethyl adjacent to an activating group) is 1. The van der Waals surface area contributed by atoms with Crippen LogP contribution >= 0.6 is 11.3 Å². The zero-order chi connectivity index (χ0) is 17.1. The van der Waals surface area contributed by atoms with Crippen LogP contribution in [0, 0.1) is 0 Å². The Hall–Kier alpha value is -2.99. The number of aromatic nitrogens is 1. The molecule has 0 atom stereocenters. The van der Waals surface area contributed by atoms with Crippen LogP contribution in [0.15, 0.2) is 60.6 Å². The Morgan fingerprint density at radius 1 is 1.21 bits per heavy atom. The molecule has 3 rings (SSSR count). The molecule has 0 aliphatic carbocycles. The van der Waals surface area contributed by atoms with Crippen LogP contribution in [-0.4, -0.2) is 23.8 Å². The lowest BCUT2D eigenvalue weighted by atomic mass is 10.1. The zero-order valence-electron chi connectivity index (χ0n) is 13.0. The number of amides is 2. The van der Waals surface area contributed by atoms with Crippen LogP contribution in [0.4, 0.5) is 11.4 Å². The van der Waals surface area contributed by atoms with Crippen molar-refractivity contribution >= 4 is 44.7 Å². The highest BCUT2D eigenvalue weighted by atomic mass is 32.1. The molecule has 0 aliphatic rings. The standard InChI is InChI=1S/C18H15N3O2S/c1-3-17(22)21(2)14-7-4-12(5-8-14)18(23)20-13-6-9-16-15(10-13)19-11-24-16/h3-11H,1H2,2H3,(H,20,23). The van der Waals surface area contributed by atoms with Gasteiger partial charge in [0.25, 0.3) is 5.91 Å². The Kier molecular flexibility index (Phi) is 4.39. The van der Waals surface area contributed by atoms with E-state index in [1.807, 2.05) is 18.2 Å². The summed E-state index contributed by atoms with van der Waals surface area (Å²) in [6.07, 6.45) is 1.25. The number of anilines is 2. The van der Waals surface area contributed by atoms with Gasteiger partial charge in [-0.05, 0) is 48.5 Å². The summed E-state index contributed by atoms with van der Waals surface area (Å²) < 4.78 is 1.08. The third-order valence-corrected chi connectivity index (χ3v) is 4.42. The van der Waals surface area contributed by atoms with Gasteiger partial charge in [-0.15, -0.1) is 11.3 Å². The Morgan fingerprint density at radius 2 is 1.96 bits per heavy atom. The summed E-state index contributed by atoms with van der Waals surface area (Å²) in [5, 5.41) is 2.85. The van der Waals surface area contributed by atoms with E-state index in [-0.39, 0.29) is 11.8 Å². The summed E-state index contributed by atoms with van der Waals surface area (Å²) >= 11 is 1.56. The van der Waals surface area contributed by atoms with Gasteiger partial charge in [0.1, 0.15) is 0 Å². The highest BCUT2D eigenvalue weighted by Gasteiger charge is 2.10. The van der Waals surface area contributed by atoms with E-state index < -0.39 is 0 Å². The van der Waals surface area contributed by atoms with Crippen LogP contribution < -0.4 is 10.2 Å². The average molecular weight is 337 g/mol. The van der Waals surface area contributed by atoms with Crippen LogP contribution in [-0.2, 0) is 4.79 Å². The predicted octanol–water partition coefficient (Wildman–Crippen LogP) is 3.70. The molecule has 0 bridgehead atoms. The van der Waals surface area contributed by atoms with Gasteiger partial charge < -0.3 is 10.2 Å². The molecule has 0 aliphatic heterocycles. The van der Waals surface area contributed by atoms with E-state index in [0.717, 1.165) is 10.2 Å². The molecule has 5 nitrogen and oxygen atoms in total. The van der Waals surface area contributed by atoms with Gasteiger partial charge in [-0.25, -0.2) is 4.98 Å². The molecule has 1 heterocycles. The number of rotatable bonds is 4. The van der Waals surface area contributed by atoms with Crippen LogP contribution in [0.25, 0.3) is 10.2 Å². The first kappa shape index (κ1) is 15.9. The monoisotopic (exact) mass is 337 g/mol. The van der Waals surface area contributed by atoms with Crippen molar-refractivity contribution in [2.75, 3.05) is 17.3 Å². The number of hydrogen-bond donors (Lipinski definition) is 1. The molecule has 0 unspecified atom stereocenters. The SMILES string of the molecule is C=CC(=O)N(C)c1ccc(C(=O)Nc2ccc3scnc3c2)cc1. The number of fused-ring (bicyclic) bond motifs is 1. The molecular weight excluding hydrogens is 322 g/mol. The Morgan fingerprint density at radius 3 is 2.67 bits per heavy atom. The maximum atomic E-state index is 12.3. The fraction of sp³-hybridized carbons (Fsp3) is 0.0556. The fourth-order valence-electron chi connectivity index (χ4n) is 2.24. The summed E-state index contributed by atoms with van der Waals surface area (Å²) in [5.41, 5.74) is 4.53. The van der Waals surface area contributed by atoms with E-state index in [1.54, 1.807) is 48.2 Å². The lowest BCUT2D eigenvalue weighted by Crippen LogP contribution is -2.23. The third-order valence-electron chi connectivity index (χ3n) is 3.61. The molecule has 120 valence electrons. The van der Waals surface area contributed by atoms with Gasteiger partial charge in [0.2, 0.25) is 5.91 Å². The predicted molar refractivity (Wildman–Crippen MR) is 97.6 cm³/mol. The zero-order valence-corrected chi connectivity index (χ0v) is 13.8. The van der Waals surface area contributed by atoms with Crippen LogP contribution in [0.3, 0.4) is 0 Å². The van der Waals surface area contributed by atoms with Gasteiger partial charge >= 0.3 is 0 Å². The number of carbonyl (C=O) groups is 2. The maximum absolute atomic E-state index is 12.3. The van der Waals surface area contributed by atoms with E-state index in [0.29, 0.717) is 16.9 Å². The summed E-state index contributed by atoms with van der Waals surface area (Å²) in [7, 11) is 1.65. The molecular formula is C18H15N3O2S. The minimum absolute atomic E-state index is 0.205. The number of benzene rings is 2. The minimum atomic E-state index is -0.214. The normalized spacial score (nSPS) is 10.4. The highest BCUT2D eigenvalue weighted by Crippen LogP contribution is 2.22. The molecule has 1 N–H and O–H groups in total. The smallest absolute Gasteiger partial charge is 0.255 e. The van der Waals surface area contributed by atoms with Crippen molar-refractivity contribution in [1.82, 2.24) is 4.98 Å². The van der Waals surface area contributed by atoms with Gasteiger partial charge in [-0.2, -0.15) is 0 Å². The van der Waals surface area contributed by atoms with Crippen molar-refractivity contribution in [3.63, 3.8) is 0 Å². The third kappa shape index (κ3) is 3.18. The van der Waals surface area contributed by atoms with E-state index in [9.17, 15) is 9.59 Å². The van der Waals surface area contributed by atoms with E-state index >= 15 is 0 Å². The molecule has 2 amide bonds. The minimum Gasteiger partial charge on any atom is -0.322 e. The second kappa shape index (κ2) is 6.64. The molecule has 0 spiro atoms. The maximum Gasteiger partial charge on any atom is 0.255 e. The number of carbonyl (C=O) groups excluding carboxylic acids is 2. The van der Waals surface area contributed by atoms with Gasteiger partial charge in [0.15, 0.2) is 0 Å². The first-order valence-electron chi connectivity index (χ1n) is 7.23. The van der Waals surface area contributed by atoms with Crippen LogP contribution in [0.1, 0.15) is 10.4 Å². The van der Waals surface area contributed by atoms with Gasteiger partial charge in [-0.3, -0.25) is 9.59 Å². The summed E-state index contributed by atoms with van der Waals surface area (Å²) in [4.78, 5) is 29.6. The molecule has 6 heteroatoms. The van der Waals surface area contributed by atoms with Crippen molar-refractivity contribution in [1.29, 1.82) is 0 Å². The summed E-state index contributed by atoms with van der Waals surface area (Å²) in [6.45, 7) is 3.46. The van der Waals surface area contributed by atoms with Gasteiger partial charge in [-0.1, -0.05) is 6.58 Å². The molecule has 24 heavy (non-hydrogen) atoms. The second-order valence-corrected chi connectivity index (χ2v) is 6.02. The van der Waals surface area contributed by atoms with E-state index in [4.69, 9.17) is 0 Å². The van der Waals surface area contributed by atoms with E-state index in [1.165, 1.54) is 11.0 Å². The van der Waals surface area contributed by atoms with Crippen molar-refractivity contribution in [2.24, 2.45) is 0 Å². The first-order chi connectivity index (χ1) is 11.6. The van der Waals surface area contributed by atoms with Crippen LogP contribution in [0.2, 0.25) is 0 Å². The van der Waals surface area contributed by atoms with Crippen molar-refractivity contribution in [2.45, 2.75) is 0 Å². The van der Waals surface area contributed by atoms with Gasteiger partial charge in [0.05, 0.1) is 15.7 Å². The number of thiazole rings is 1. The average Bonchev–Trinajstić information content (AvgIpc) is 3.08. The lowest BCUT2D eigenvalue weighted by molar-refractivity contribution is -0.113. The number of hydrogen-bond acceptors (Lipinski definition) is 4. The van der Waals surface area contributed by atoms with Gasteiger partial charge in [0, 0.05) is 24.0 Å². The molecule has 0 saturated heterocycles. The Labute approximate surface area is 143 Å². The fourth-order valence-corrected chi connectivity index (χ4v) is 2.90. The van der Waals surface area contributed by atoms with Crippen molar-refractivity contribution < 1.29 is 9.59 Å². The molecule has 0 radical (unpaired) electrons. The number of nitrogens with zero attached hydrogens (tertiary/aromatic N) is 2. The molecule has 0 fully saturated rings. The van der Waals surface area contributed by atoms with Crippen molar-refractivity contribution in [3.05, 3.63) is 66.2 Å². The Balaban J connectivity index is 1.75. The molecule has 0 saturated carbocycles.